The van der Waals surface area contributed by atoms with E-state index in [2.05, 4.69) is 5.32 Å². The van der Waals surface area contributed by atoms with Gasteiger partial charge in [-0.15, -0.1) is 0 Å². The fourth-order valence-corrected chi connectivity index (χ4v) is 1.54. The molecule has 2 N–H and O–H groups in total. The summed E-state index contributed by atoms with van der Waals surface area (Å²) in [5.41, 5.74) is 1.89. The lowest BCUT2D eigenvalue weighted by Gasteiger charge is -2.09. The van der Waals surface area contributed by atoms with Gasteiger partial charge in [-0.3, -0.25) is 4.79 Å². The van der Waals surface area contributed by atoms with Crippen LogP contribution in [0, 0.1) is 6.92 Å². The highest BCUT2D eigenvalue weighted by Crippen LogP contribution is 2.36. The third-order valence-electron chi connectivity index (χ3n) is 2.37. The Bertz CT molecular complexity index is 417. The summed E-state index contributed by atoms with van der Waals surface area (Å²) in [4.78, 5) is 10.4. The Balaban J connectivity index is 2.06. The number of aliphatic carboxylic acids is 1. The van der Waals surface area contributed by atoms with E-state index in [1.807, 2.05) is 19.1 Å². The van der Waals surface area contributed by atoms with Crippen LogP contribution in [0.5, 0.6) is 11.5 Å². The first kappa shape index (κ1) is 10.6. The molecule has 5 heteroatoms. The first-order valence-corrected chi connectivity index (χ1v) is 5.03. The van der Waals surface area contributed by atoms with E-state index in [1.54, 1.807) is 0 Å². The second-order valence-electron chi connectivity index (χ2n) is 3.59. The summed E-state index contributed by atoms with van der Waals surface area (Å²) in [5, 5.41) is 11.6. The minimum absolute atomic E-state index is 0.0912. The van der Waals surface area contributed by atoms with Crippen LogP contribution in [0.3, 0.4) is 0 Å². The van der Waals surface area contributed by atoms with Crippen LogP contribution in [0.1, 0.15) is 12.0 Å². The third-order valence-corrected chi connectivity index (χ3v) is 2.37. The maximum Gasteiger partial charge on any atom is 0.305 e. The van der Waals surface area contributed by atoms with Crippen molar-refractivity contribution in [1.29, 1.82) is 0 Å². The van der Waals surface area contributed by atoms with E-state index >= 15 is 0 Å². The number of anilines is 1. The lowest BCUT2D eigenvalue weighted by molar-refractivity contribution is -0.136. The van der Waals surface area contributed by atoms with Gasteiger partial charge < -0.3 is 19.9 Å². The Morgan fingerprint density at radius 1 is 1.44 bits per heavy atom. The number of fused-ring (bicyclic) bond motifs is 1. The van der Waals surface area contributed by atoms with Crippen LogP contribution >= 0.6 is 0 Å². The number of hydrogen-bond acceptors (Lipinski definition) is 4. The molecule has 0 saturated heterocycles. The molecule has 0 bridgehead atoms. The summed E-state index contributed by atoms with van der Waals surface area (Å²) in [6, 6.07) is 3.71. The van der Waals surface area contributed by atoms with E-state index in [0.717, 1.165) is 17.0 Å². The predicted octanol–water partition coefficient (Wildman–Crippen LogP) is 1.61. The largest absolute Gasteiger partial charge is 0.481 e. The van der Waals surface area contributed by atoms with Crippen LogP contribution in [0.25, 0.3) is 0 Å². The first-order chi connectivity index (χ1) is 7.66. The lowest BCUT2D eigenvalue weighted by Crippen LogP contribution is -2.08. The molecule has 1 aromatic rings. The van der Waals surface area contributed by atoms with Gasteiger partial charge in [-0.2, -0.15) is 0 Å². The Hall–Kier alpha value is -1.91. The molecule has 0 aliphatic carbocycles. The fourth-order valence-electron chi connectivity index (χ4n) is 1.54. The molecular weight excluding hydrogens is 210 g/mol. The van der Waals surface area contributed by atoms with Crippen molar-refractivity contribution in [2.75, 3.05) is 18.7 Å². The zero-order valence-electron chi connectivity index (χ0n) is 8.95. The molecule has 1 aromatic carbocycles. The molecule has 0 atom stereocenters. The minimum Gasteiger partial charge on any atom is -0.481 e. The summed E-state index contributed by atoms with van der Waals surface area (Å²) in [6.07, 6.45) is 0.0912. The van der Waals surface area contributed by atoms with Gasteiger partial charge in [0.25, 0.3) is 0 Å². The molecular formula is C11H13NO4. The Labute approximate surface area is 93.0 Å². The normalized spacial score (nSPS) is 12.6. The van der Waals surface area contributed by atoms with Crippen molar-refractivity contribution in [2.45, 2.75) is 13.3 Å². The molecule has 5 nitrogen and oxygen atoms in total. The standard InChI is InChI=1S/C11H13NO4/c1-7-4-9-10(16-6-15-9)5-8(7)12-3-2-11(13)14/h4-5,12H,2-3,6H2,1H3,(H,13,14). The number of carboxylic acid groups (broad SMARTS) is 1. The Kier molecular flexibility index (Phi) is 2.85. The quantitative estimate of drug-likeness (QED) is 0.811. The van der Waals surface area contributed by atoms with Crippen molar-refractivity contribution < 1.29 is 19.4 Å². The number of carboxylic acids is 1. The zero-order chi connectivity index (χ0) is 11.5. The van der Waals surface area contributed by atoms with Crippen molar-refractivity contribution in [2.24, 2.45) is 0 Å². The van der Waals surface area contributed by atoms with Gasteiger partial charge in [0.05, 0.1) is 6.42 Å². The van der Waals surface area contributed by atoms with E-state index in [4.69, 9.17) is 14.6 Å². The second kappa shape index (κ2) is 4.30. The molecule has 1 aliphatic rings. The van der Waals surface area contributed by atoms with Gasteiger partial charge in [0.1, 0.15) is 0 Å². The van der Waals surface area contributed by atoms with E-state index in [9.17, 15) is 4.79 Å². The van der Waals surface area contributed by atoms with Gasteiger partial charge in [0, 0.05) is 18.3 Å². The fraction of sp³-hybridized carbons (Fsp3) is 0.364. The van der Waals surface area contributed by atoms with Crippen molar-refractivity contribution in [3.63, 3.8) is 0 Å². The van der Waals surface area contributed by atoms with Gasteiger partial charge >= 0.3 is 5.97 Å². The average Bonchev–Trinajstić information content (AvgIpc) is 2.64. The smallest absolute Gasteiger partial charge is 0.305 e. The lowest BCUT2D eigenvalue weighted by atomic mass is 10.1. The third kappa shape index (κ3) is 2.18. The van der Waals surface area contributed by atoms with Crippen molar-refractivity contribution in [3.8, 4) is 11.5 Å². The van der Waals surface area contributed by atoms with Crippen LogP contribution < -0.4 is 14.8 Å². The maximum absolute atomic E-state index is 10.4. The zero-order valence-corrected chi connectivity index (χ0v) is 8.95. The maximum atomic E-state index is 10.4. The van der Waals surface area contributed by atoms with Crippen molar-refractivity contribution >= 4 is 11.7 Å². The molecule has 16 heavy (non-hydrogen) atoms. The van der Waals surface area contributed by atoms with Gasteiger partial charge in [0.15, 0.2) is 11.5 Å². The molecule has 0 aromatic heterocycles. The number of aryl methyl sites for hydroxylation is 1. The average molecular weight is 223 g/mol. The summed E-state index contributed by atoms with van der Waals surface area (Å²) in [6.45, 7) is 2.58. The topological polar surface area (TPSA) is 67.8 Å². The summed E-state index contributed by atoms with van der Waals surface area (Å²) in [5.74, 6) is 0.621. The van der Waals surface area contributed by atoms with Gasteiger partial charge in [-0.05, 0) is 18.6 Å². The first-order valence-electron chi connectivity index (χ1n) is 5.03. The van der Waals surface area contributed by atoms with E-state index in [-0.39, 0.29) is 13.2 Å². The summed E-state index contributed by atoms with van der Waals surface area (Å²) >= 11 is 0. The predicted molar refractivity (Wildman–Crippen MR) is 58.0 cm³/mol. The van der Waals surface area contributed by atoms with Crippen molar-refractivity contribution in [1.82, 2.24) is 0 Å². The van der Waals surface area contributed by atoms with E-state index < -0.39 is 5.97 Å². The molecule has 1 heterocycles. The van der Waals surface area contributed by atoms with Gasteiger partial charge in [-0.25, -0.2) is 0 Å². The van der Waals surface area contributed by atoms with Crippen LogP contribution in [-0.4, -0.2) is 24.4 Å². The highest BCUT2D eigenvalue weighted by Gasteiger charge is 2.15. The molecule has 2 rings (SSSR count). The number of benzene rings is 1. The second-order valence-corrected chi connectivity index (χ2v) is 3.59. The van der Waals surface area contributed by atoms with Crippen LogP contribution in [0.2, 0.25) is 0 Å². The van der Waals surface area contributed by atoms with E-state index in [0.29, 0.717) is 12.3 Å². The number of rotatable bonds is 4. The van der Waals surface area contributed by atoms with E-state index in [1.165, 1.54) is 0 Å². The monoisotopic (exact) mass is 223 g/mol. The minimum atomic E-state index is -0.814. The molecule has 86 valence electrons. The molecule has 0 saturated carbocycles. The molecule has 0 radical (unpaired) electrons. The van der Waals surface area contributed by atoms with Crippen LogP contribution in [0.4, 0.5) is 5.69 Å². The molecule has 0 spiro atoms. The highest BCUT2D eigenvalue weighted by atomic mass is 16.7. The van der Waals surface area contributed by atoms with Gasteiger partial charge in [0.2, 0.25) is 6.79 Å². The number of ether oxygens (including phenoxy) is 2. The van der Waals surface area contributed by atoms with Crippen LogP contribution in [0.15, 0.2) is 12.1 Å². The number of hydrogen-bond donors (Lipinski definition) is 2. The molecule has 0 fully saturated rings. The van der Waals surface area contributed by atoms with Gasteiger partial charge in [-0.1, -0.05) is 0 Å². The number of carbonyl (C=O) groups is 1. The number of nitrogens with one attached hydrogen (secondary N) is 1. The summed E-state index contributed by atoms with van der Waals surface area (Å²) in [7, 11) is 0. The van der Waals surface area contributed by atoms with Crippen molar-refractivity contribution in [3.05, 3.63) is 17.7 Å². The Morgan fingerprint density at radius 3 is 2.81 bits per heavy atom. The highest BCUT2D eigenvalue weighted by molar-refractivity contribution is 5.68. The SMILES string of the molecule is Cc1cc2c(cc1NCCC(=O)O)OCO2. The molecule has 0 amide bonds. The molecule has 1 aliphatic heterocycles. The Morgan fingerprint density at radius 2 is 2.12 bits per heavy atom. The van der Waals surface area contributed by atoms with Crippen LogP contribution in [-0.2, 0) is 4.79 Å². The molecule has 0 unspecified atom stereocenters. The summed E-state index contributed by atoms with van der Waals surface area (Å²) < 4.78 is 10.5.